The number of tetrazole rings is 1. The average molecular weight is 307 g/mol. The van der Waals surface area contributed by atoms with E-state index in [1.54, 1.807) is 24.3 Å². The zero-order chi connectivity index (χ0) is 14.9. The molecule has 1 amide bonds. The molecule has 3 rings (SSSR count). The van der Waals surface area contributed by atoms with Crippen LogP contribution >= 0.6 is 0 Å². The number of aromatic nitrogens is 4. The third-order valence-corrected chi connectivity index (χ3v) is 5.08. The molecule has 1 aromatic heterocycles. The van der Waals surface area contributed by atoms with E-state index in [4.69, 9.17) is 0 Å². The van der Waals surface area contributed by atoms with E-state index in [-0.39, 0.29) is 23.5 Å². The van der Waals surface area contributed by atoms with Crippen LogP contribution in [0.3, 0.4) is 0 Å². The number of benzene rings is 1. The molecule has 21 heavy (non-hydrogen) atoms. The number of carbonyl (C=O) groups is 1. The molecule has 0 aliphatic carbocycles. The van der Waals surface area contributed by atoms with E-state index >= 15 is 0 Å². The van der Waals surface area contributed by atoms with Gasteiger partial charge in [-0.25, -0.2) is 8.42 Å². The van der Waals surface area contributed by atoms with Gasteiger partial charge in [-0.15, -0.1) is 5.10 Å². The second-order valence-electron chi connectivity index (χ2n) is 4.84. The molecule has 0 spiro atoms. The van der Waals surface area contributed by atoms with Gasteiger partial charge in [-0.2, -0.15) is 4.68 Å². The highest BCUT2D eigenvalue weighted by Crippen LogP contribution is 2.15. The topological polar surface area (TPSA) is 107 Å². The van der Waals surface area contributed by atoms with Gasteiger partial charge >= 0.3 is 0 Å². The van der Waals surface area contributed by atoms with E-state index in [1.165, 1.54) is 11.0 Å². The smallest absolute Gasteiger partial charge is 0.253 e. The van der Waals surface area contributed by atoms with Crippen molar-refractivity contribution in [2.24, 2.45) is 0 Å². The van der Waals surface area contributed by atoms with Crippen LogP contribution in [0, 0.1) is 0 Å². The Kier molecular flexibility index (Phi) is 3.42. The van der Waals surface area contributed by atoms with Crippen LogP contribution < -0.4 is 5.32 Å². The second-order valence-corrected chi connectivity index (χ2v) is 7.07. The van der Waals surface area contributed by atoms with Crippen molar-refractivity contribution in [2.75, 3.05) is 11.5 Å². The molecular formula is C12H13N5O3S. The fourth-order valence-corrected chi connectivity index (χ4v) is 3.98. The Morgan fingerprint density at radius 1 is 1.33 bits per heavy atom. The van der Waals surface area contributed by atoms with Gasteiger partial charge in [0.25, 0.3) is 5.91 Å². The molecule has 2 aromatic rings. The van der Waals surface area contributed by atoms with Crippen LogP contribution in [0.15, 0.2) is 30.6 Å². The van der Waals surface area contributed by atoms with Gasteiger partial charge in [-0.1, -0.05) is 12.1 Å². The van der Waals surface area contributed by atoms with Crippen molar-refractivity contribution in [1.29, 1.82) is 0 Å². The molecule has 1 saturated heterocycles. The van der Waals surface area contributed by atoms with Crippen LogP contribution in [0.1, 0.15) is 16.8 Å². The first kappa shape index (κ1) is 13.7. The van der Waals surface area contributed by atoms with Crippen LogP contribution in [0.25, 0.3) is 5.69 Å². The maximum Gasteiger partial charge on any atom is 0.253 e. The van der Waals surface area contributed by atoms with Crippen LogP contribution in [-0.4, -0.2) is 52.1 Å². The largest absolute Gasteiger partial charge is 0.348 e. The Labute approximate surface area is 121 Å². The lowest BCUT2D eigenvalue weighted by Crippen LogP contribution is -2.36. The van der Waals surface area contributed by atoms with Gasteiger partial charge in [0.1, 0.15) is 6.33 Å². The Morgan fingerprint density at radius 3 is 2.81 bits per heavy atom. The molecule has 1 unspecified atom stereocenters. The van der Waals surface area contributed by atoms with E-state index in [2.05, 4.69) is 20.8 Å². The summed E-state index contributed by atoms with van der Waals surface area (Å²) >= 11 is 0. The van der Waals surface area contributed by atoms with Crippen LogP contribution in [-0.2, 0) is 9.84 Å². The summed E-state index contributed by atoms with van der Waals surface area (Å²) in [6.07, 6.45) is 1.84. The SMILES string of the molecule is O=C(NC1CCS(=O)(=O)C1)c1ccccc1-n1cnnn1. The van der Waals surface area contributed by atoms with Crippen LogP contribution in [0.5, 0.6) is 0 Å². The first-order valence-corrected chi connectivity index (χ1v) is 8.21. The summed E-state index contributed by atoms with van der Waals surface area (Å²) in [5.41, 5.74) is 0.940. The van der Waals surface area contributed by atoms with E-state index in [9.17, 15) is 13.2 Å². The molecule has 1 aromatic carbocycles. The van der Waals surface area contributed by atoms with Gasteiger partial charge < -0.3 is 5.32 Å². The lowest BCUT2D eigenvalue weighted by atomic mass is 10.1. The molecule has 1 N–H and O–H groups in total. The van der Waals surface area contributed by atoms with E-state index in [0.29, 0.717) is 17.7 Å². The molecule has 1 fully saturated rings. The van der Waals surface area contributed by atoms with Gasteiger partial charge in [0.05, 0.1) is 22.8 Å². The number of rotatable bonds is 3. The summed E-state index contributed by atoms with van der Waals surface area (Å²) in [7, 11) is -3.03. The monoisotopic (exact) mass is 307 g/mol. The Bertz CT molecular complexity index is 757. The highest BCUT2D eigenvalue weighted by molar-refractivity contribution is 7.91. The molecule has 0 bridgehead atoms. The van der Waals surface area contributed by atoms with E-state index in [0.717, 1.165) is 0 Å². The molecule has 110 valence electrons. The van der Waals surface area contributed by atoms with E-state index in [1.807, 2.05) is 0 Å². The predicted molar refractivity (Wildman–Crippen MR) is 73.7 cm³/mol. The zero-order valence-corrected chi connectivity index (χ0v) is 11.8. The highest BCUT2D eigenvalue weighted by Gasteiger charge is 2.29. The zero-order valence-electron chi connectivity index (χ0n) is 11.0. The summed E-state index contributed by atoms with van der Waals surface area (Å²) in [6.45, 7) is 0. The number of sulfone groups is 1. The second kappa shape index (κ2) is 5.24. The molecule has 8 nitrogen and oxygen atoms in total. The van der Waals surface area contributed by atoms with Crippen molar-refractivity contribution in [3.63, 3.8) is 0 Å². The minimum atomic E-state index is -3.03. The third kappa shape index (κ3) is 2.92. The fraction of sp³-hybridized carbons (Fsp3) is 0.333. The number of para-hydroxylation sites is 1. The van der Waals surface area contributed by atoms with Gasteiger partial charge in [-0.3, -0.25) is 4.79 Å². The molecule has 2 heterocycles. The lowest BCUT2D eigenvalue weighted by molar-refractivity contribution is 0.0941. The number of hydrogen-bond donors (Lipinski definition) is 1. The molecule has 0 radical (unpaired) electrons. The quantitative estimate of drug-likeness (QED) is 0.825. The van der Waals surface area contributed by atoms with Gasteiger partial charge in [0.15, 0.2) is 9.84 Å². The summed E-state index contributed by atoms with van der Waals surface area (Å²) in [5.74, 6) is -0.221. The third-order valence-electron chi connectivity index (χ3n) is 3.31. The summed E-state index contributed by atoms with van der Waals surface area (Å²) in [4.78, 5) is 12.3. The number of nitrogens with one attached hydrogen (secondary N) is 1. The van der Waals surface area contributed by atoms with Crippen LogP contribution in [0.2, 0.25) is 0 Å². The lowest BCUT2D eigenvalue weighted by Gasteiger charge is -2.13. The molecule has 0 saturated carbocycles. The van der Waals surface area contributed by atoms with Crippen molar-refractivity contribution in [2.45, 2.75) is 12.5 Å². The number of hydrogen-bond acceptors (Lipinski definition) is 6. The molecular weight excluding hydrogens is 294 g/mol. The Balaban J connectivity index is 1.83. The molecule has 1 aliphatic rings. The maximum absolute atomic E-state index is 12.3. The summed E-state index contributed by atoms with van der Waals surface area (Å²) < 4.78 is 24.3. The molecule has 1 aliphatic heterocycles. The Hall–Kier alpha value is -2.29. The predicted octanol–water partition coefficient (Wildman–Crippen LogP) is -0.421. The highest BCUT2D eigenvalue weighted by atomic mass is 32.2. The first-order chi connectivity index (χ1) is 10.1. The van der Waals surface area contributed by atoms with E-state index < -0.39 is 9.84 Å². The summed E-state index contributed by atoms with van der Waals surface area (Å²) in [5, 5.41) is 13.6. The fourth-order valence-electron chi connectivity index (χ4n) is 2.31. The number of amides is 1. The van der Waals surface area contributed by atoms with Crippen molar-refractivity contribution in [3.8, 4) is 5.69 Å². The van der Waals surface area contributed by atoms with Crippen molar-refractivity contribution in [1.82, 2.24) is 25.5 Å². The first-order valence-electron chi connectivity index (χ1n) is 6.39. The summed E-state index contributed by atoms with van der Waals surface area (Å²) in [6, 6.07) is 6.53. The molecule has 1 atom stereocenters. The van der Waals surface area contributed by atoms with Gasteiger partial charge in [0.2, 0.25) is 0 Å². The van der Waals surface area contributed by atoms with Crippen LogP contribution in [0.4, 0.5) is 0 Å². The minimum Gasteiger partial charge on any atom is -0.348 e. The van der Waals surface area contributed by atoms with Crippen molar-refractivity contribution >= 4 is 15.7 Å². The number of nitrogens with zero attached hydrogens (tertiary/aromatic N) is 4. The minimum absolute atomic E-state index is 0.00815. The molecule has 9 heteroatoms. The van der Waals surface area contributed by atoms with Gasteiger partial charge in [0, 0.05) is 6.04 Å². The average Bonchev–Trinajstić information content (AvgIpc) is 3.08. The normalized spacial score (nSPS) is 20.3. The van der Waals surface area contributed by atoms with Gasteiger partial charge in [-0.05, 0) is 29.0 Å². The Morgan fingerprint density at radius 2 is 2.14 bits per heavy atom. The van der Waals surface area contributed by atoms with Crippen molar-refractivity contribution in [3.05, 3.63) is 36.2 Å². The maximum atomic E-state index is 12.3. The van der Waals surface area contributed by atoms with Crippen molar-refractivity contribution < 1.29 is 13.2 Å². The standard InChI is InChI=1S/C12H13N5O3S/c18-12(14-9-5-6-21(19,20)7-9)10-3-1-2-4-11(10)17-8-13-15-16-17/h1-4,8-9H,5-7H2,(H,14,18). The number of carbonyl (C=O) groups excluding carboxylic acids is 1.